The van der Waals surface area contributed by atoms with Gasteiger partial charge in [-0.25, -0.2) is 13.5 Å². The number of piperazine rings is 1. The Morgan fingerprint density at radius 3 is 2.39 bits per heavy atom. The Labute approximate surface area is 208 Å². The molecule has 2 aliphatic rings. The third kappa shape index (κ3) is 5.17. The van der Waals surface area contributed by atoms with Crippen LogP contribution in [0.2, 0.25) is 0 Å². The zero-order valence-electron chi connectivity index (χ0n) is 20.2. The van der Waals surface area contributed by atoms with Gasteiger partial charge in [0.15, 0.2) is 5.82 Å². The molecule has 2 aliphatic heterocycles. The van der Waals surface area contributed by atoms with Gasteiger partial charge in [0.1, 0.15) is 17.5 Å². The van der Waals surface area contributed by atoms with Crippen molar-refractivity contribution in [3.8, 4) is 5.82 Å². The van der Waals surface area contributed by atoms with Gasteiger partial charge >= 0.3 is 0 Å². The number of benzene rings is 1. The van der Waals surface area contributed by atoms with Crippen LogP contribution < -0.4 is 15.5 Å². The van der Waals surface area contributed by atoms with Crippen molar-refractivity contribution in [3.63, 3.8) is 0 Å². The van der Waals surface area contributed by atoms with Crippen molar-refractivity contribution in [1.82, 2.24) is 24.6 Å². The van der Waals surface area contributed by atoms with E-state index < -0.39 is 11.6 Å². The molecule has 0 saturated carbocycles. The standard InChI is InChI=1S/C25H30F2N8O/c1-17-19(3-2-4-32-5-7-33(8-6-32)22-10-20(26)9-21(27)11-22)13-29-35(17)24-12-23(30-25(28)31-24)34-14-18(15-34)16-36/h2-3,9-13,18,36H,4-8,14-16H2,1H3,(H2,28,30,31)/b3-2+. The lowest BCUT2D eigenvalue weighted by Crippen LogP contribution is -2.48. The summed E-state index contributed by atoms with van der Waals surface area (Å²) in [5.41, 5.74) is 8.46. The number of halogens is 2. The maximum Gasteiger partial charge on any atom is 0.224 e. The molecule has 190 valence electrons. The molecule has 1 aromatic carbocycles. The second-order valence-electron chi connectivity index (χ2n) is 9.31. The average Bonchev–Trinajstić information content (AvgIpc) is 3.18. The first-order valence-electron chi connectivity index (χ1n) is 12.0. The van der Waals surface area contributed by atoms with Gasteiger partial charge in [-0.3, -0.25) is 4.90 Å². The number of nitrogens with two attached hydrogens (primary N) is 1. The second-order valence-corrected chi connectivity index (χ2v) is 9.31. The van der Waals surface area contributed by atoms with Gasteiger partial charge in [0.25, 0.3) is 0 Å². The van der Waals surface area contributed by atoms with E-state index >= 15 is 0 Å². The van der Waals surface area contributed by atoms with Crippen molar-refractivity contribution in [3.05, 3.63) is 59.4 Å². The number of aromatic nitrogens is 4. The molecule has 3 N–H and O–H groups in total. The highest BCUT2D eigenvalue weighted by molar-refractivity contribution is 5.54. The number of hydrogen-bond acceptors (Lipinski definition) is 8. The van der Waals surface area contributed by atoms with E-state index in [0.717, 1.165) is 55.9 Å². The number of nitrogens with zero attached hydrogens (tertiary/aromatic N) is 7. The van der Waals surface area contributed by atoms with E-state index in [4.69, 9.17) is 5.73 Å². The minimum atomic E-state index is -0.553. The van der Waals surface area contributed by atoms with Crippen LogP contribution in [0.1, 0.15) is 11.3 Å². The van der Waals surface area contributed by atoms with E-state index in [1.54, 1.807) is 10.9 Å². The van der Waals surface area contributed by atoms with Crippen LogP contribution >= 0.6 is 0 Å². The molecule has 2 saturated heterocycles. The number of nitrogen functional groups attached to an aromatic ring is 1. The molecule has 0 spiro atoms. The summed E-state index contributed by atoms with van der Waals surface area (Å²) in [7, 11) is 0. The fraction of sp³-hybridized carbons (Fsp3) is 0.400. The molecular weight excluding hydrogens is 466 g/mol. The monoisotopic (exact) mass is 496 g/mol. The van der Waals surface area contributed by atoms with E-state index in [-0.39, 0.29) is 18.5 Å². The summed E-state index contributed by atoms with van der Waals surface area (Å²) < 4.78 is 28.8. The van der Waals surface area contributed by atoms with Gasteiger partial charge < -0.3 is 20.6 Å². The van der Waals surface area contributed by atoms with Gasteiger partial charge in [-0.1, -0.05) is 12.2 Å². The van der Waals surface area contributed by atoms with Crippen LogP contribution in [0.4, 0.5) is 26.2 Å². The van der Waals surface area contributed by atoms with E-state index in [1.807, 2.05) is 24.0 Å². The molecular formula is C25H30F2N8O. The van der Waals surface area contributed by atoms with Crippen LogP contribution in [0.3, 0.4) is 0 Å². The smallest absolute Gasteiger partial charge is 0.224 e. The average molecular weight is 497 g/mol. The molecule has 2 aromatic heterocycles. The van der Waals surface area contributed by atoms with Crippen molar-refractivity contribution in [1.29, 1.82) is 0 Å². The van der Waals surface area contributed by atoms with Crippen LogP contribution in [-0.2, 0) is 0 Å². The van der Waals surface area contributed by atoms with Crippen LogP contribution in [-0.4, -0.2) is 82.2 Å². The van der Waals surface area contributed by atoms with Crippen molar-refractivity contribution < 1.29 is 13.9 Å². The lowest BCUT2D eigenvalue weighted by molar-refractivity contribution is 0.200. The largest absolute Gasteiger partial charge is 0.396 e. The third-order valence-electron chi connectivity index (χ3n) is 6.77. The van der Waals surface area contributed by atoms with Crippen molar-refractivity contribution in [2.45, 2.75) is 6.92 Å². The summed E-state index contributed by atoms with van der Waals surface area (Å²) >= 11 is 0. The van der Waals surface area contributed by atoms with Gasteiger partial charge in [-0.05, 0) is 19.1 Å². The molecule has 0 aliphatic carbocycles. The van der Waals surface area contributed by atoms with E-state index in [9.17, 15) is 13.9 Å². The van der Waals surface area contributed by atoms with E-state index in [2.05, 4.69) is 30.9 Å². The van der Waals surface area contributed by atoms with Gasteiger partial charge in [0, 0.05) is 81.7 Å². The molecule has 11 heteroatoms. The number of hydrogen-bond donors (Lipinski definition) is 2. The van der Waals surface area contributed by atoms with Gasteiger partial charge in [-0.15, -0.1) is 0 Å². The molecule has 36 heavy (non-hydrogen) atoms. The molecule has 0 atom stereocenters. The molecule has 0 amide bonds. The quantitative estimate of drug-likeness (QED) is 0.513. The summed E-state index contributed by atoms with van der Waals surface area (Å²) in [6.45, 7) is 7.42. The Bertz CT molecular complexity index is 1230. The normalized spacial score (nSPS) is 17.2. The Kier molecular flexibility index (Phi) is 6.84. The summed E-state index contributed by atoms with van der Waals surface area (Å²) in [6, 6.07) is 5.51. The summed E-state index contributed by atoms with van der Waals surface area (Å²) in [5.74, 6) is 0.676. The zero-order valence-corrected chi connectivity index (χ0v) is 20.2. The summed E-state index contributed by atoms with van der Waals surface area (Å²) in [4.78, 5) is 15.1. The minimum absolute atomic E-state index is 0.167. The third-order valence-corrected chi connectivity index (χ3v) is 6.77. The number of rotatable bonds is 7. The first-order chi connectivity index (χ1) is 17.4. The van der Waals surface area contributed by atoms with Crippen molar-refractivity contribution in [2.24, 2.45) is 5.92 Å². The fourth-order valence-corrected chi connectivity index (χ4v) is 4.64. The lowest BCUT2D eigenvalue weighted by atomic mass is 10.0. The van der Waals surface area contributed by atoms with Gasteiger partial charge in [0.2, 0.25) is 5.95 Å². The first kappa shape index (κ1) is 24.1. The highest BCUT2D eigenvalue weighted by Gasteiger charge is 2.28. The molecule has 9 nitrogen and oxygen atoms in total. The van der Waals surface area contributed by atoms with Crippen molar-refractivity contribution >= 4 is 23.5 Å². The number of aliphatic hydroxyl groups is 1. The Morgan fingerprint density at radius 1 is 1.00 bits per heavy atom. The maximum absolute atomic E-state index is 13.5. The molecule has 0 unspecified atom stereocenters. The number of aliphatic hydroxyl groups excluding tert-OH is 1. The Morgan fingerprint density at radius 2 is 1.69 bits per heavy atom. The predicted octanol–water partition coefficient (Wildman–Crippen LogP) is 2.10. The fourth-order valence-electron chi connectivity index (χ4n) is 4.64. The molecule has 0 bridgehead atoms. The molecule has 3 aromatic rings. The van der Waals surface area contributed by atoms with Crippen molar-refractivity contribution in [2.75, 3.05) is 68.0 Å². The second kappa shape index (κ2) is 10.2. The van der Waals surface area contributed by atoms with Crippen LogP contribution in [0, 0.1) is 24.5 Å². The van der Waals surface area contributed by atoms with Gasteiger partial charge in [-0.2, -0.15) is 15.1 Å². The zero-order chi connectivity index (χ0) is 25.2. The van der Waals surface area contributed by atoms with Gasteiger partial charge in [0.05, 0.1) is 11.9 Å². The minimum Gasteiger partial charge on any atom is -0.396 e. The summed E-state index contributed by atoms with van der Waals surface area (Å²) in [5, 5.41) is 13.8. The van der Waals surface area contributed by atoms with E-state index in [0.29, 0.717) is 24.6 Å². The first-order valence-corrected chi connectivity index (χ1v) is 12.0. The van der Waals surface area contributed by atoms with E-state index in [1.165, 1.54) is 12.1 Å². The Balaban J connectivity index is 1.19. The Hall–Kier alpha value is -3.57. The van der Waals surface area contributed by atoms with Crippen LogP contribution in [0.5, 0.6) is 0 Å². The molecule has 4 heterocycles. The molecule has 0 radical (unpaired) electrons. The molecule has 2 fully saturated rings. The topological polar surface area (TPSA) is 99.6 Å². The SMILES string of the molecule is Cc1c(/C=C/CN2CCN(c3cc(F)cc(F)c3)CC2)cnn1-c1cc(N2CC(CO)C2)nc(N)n1. The van der Waals surface area contributed by atoms with Crippen LogP contribution in [0.25, 0.3) is 11.9 Å². The predicted molar refractivity (Wildman–Crippen MR) is 135 cm³/mol. The highest BCUT2D eigenvalue weighted by Crippen LogP contribution is 2.25. The maximum atomic E-state index is 13.5. The highest BCUT2D eigenvalue weighted by atomic mass is 19.1. The summed E-state index contributed by atoms with van der Waals surface area (Å²) in [6.07, 6.45) is 5.94. The number of anilines is 3. The lowest BCUT2D eigenvalue weighted by Gasteiger charge is -2.39. The van der Waals surface area contributed by atoms with Crippen LogP contribution in [0.15, 0.2) is 36.5 Å². The molecule has 5 rings (SSSR count).